The molecular weight excluding hydrogens is 655 g/mol. The second kappa shape index (κ2) is 16.4. The van der Waals surface area contributed by atoms with Crippen molar-refractivity contribution in [2.45, 2.75) is 65.0 Å². The number of azide groups is 1. The molecule has 0 saturated carbocycles. The van der Waals surface area contributed by atoms with Gasteiger partial charge in [-0.15, -0.1) is 12.4 Å². The fraction of sp³-hybridized carbons (Fsp3) is 0.538. The average molecular weight is 691 g/mol. The number of halogens is 1. The lowest BCUT2D eigenvalue weighted by Crippen LogP contribution is -2.33. The number of carbonyl (C=O) groups is 2. The quantitative estimate of drug-likeness (QED) is 0.0845. The molecule has 1 fully saturated rings. The van der Waals surface area contributed by atoms with Crippen LogP contribution in [0.4, 0.5) is 0 Å². The highest BCUT2D eigenvalue weighted by molar-refractivity contribution is 8.13. The zero-order valence-corrected chi connectivity index (χ0v) is 27.5. The minimum absolute atomic E-state index is 0. The molecule has 45 heavy (non-hydrogen) atoms. The number of hydrogen-bond acceptors (Lipinski definition) is 12. The second-order valence-corrected chi connectivity index (χ2v) is 13.6. The summed E-state index contributed by atoms with van der Waals surface area (Å²) in [6.07, 6.45) is -0.470. The summed E-state index contributed by atoms with van der Waals surface area (Å²) in [4.78, 5) is 52.5. The number of aryl methyl sites for hydroxylation is 1. The SMILES string of the molecule is Cc1cn([C@H]2CC(N=[N+]=[N-])[C@@H](COP(=O)(OCCSC(=O)C(C)(C)C)Oc3ccc(C[C@H](N)C(=O)O)cc3)O2)c(=O)[nH]c1=O.Cl. The first kappa shape index (κ1) is 38.0. The number of carboxylic acids is 1. The van der Waals surface area contributed by atoms with Crippen LogP contribution in [0.25, 0.3) is 10.4 Å². The molecule has 2 unspecified atom stereocenters. The van der Waals surface area contributed by atoms with Crippen LogP contribution in [0.15, 0.2) is 45.2 Å². The van der Waals surface area contributed by atoms with E-state index in [-0.39, 0.29) is 54.0 Å². The van der Waals surface area contributed by atoms with Crippen molar-refractivity contribution in [1.29, 1.82) is 0 Å². The van der Waals surface area contributed by atoms with E-state index in [1.165, 1.54) is 25.3 Å². The number of benzene rings is 1. The molecule has 5 atom stereocenters. The van der Waals surface area contributed by atoms with E-state index >= 15 is 0 Å². The van der Waals surface area contributed by atoms with Crippen molar-refractivity contribution in [2.24, 2.45) is 16.3 Å². The largest absolute Gasteiger partial charge is 0.530 e. The molecule has 16 nitrogen and oxygen atoms in total. The van der Waals surface area contributed by atoms with Gasteiger partial charge in [0.15, 0.2) is 5.12 Å². The van der Waals surface area contributed by atoms with Crippen LogP contribution in [0.1, 0.15) is 44.5 Å². The van der Waals surface area contributed by atoms with Crippen molar-refractivity contribution < 1.29 is 37.6 Å². The van der Waals surface area contributed by atoms with Crippen LogP contribution in [0.2, 0.25) is 0 Å². The lowest BCUT2D eigenvalue weighted by Gasteiger charge is -2.22. The molecule has 0 bridgehead atoms. The van der Waals surface area contributed by atoms with Gasteiger partial charge >= 0.3 is 19.5 Å². The van der Waals surface area contributed by atoms with Crippen molar-refractivity contribution in [1.82, 2.24) is 9.55 Å². The summed E-state index contributed by atoms with van der Waals surface area (Å²) in [5, 5.41) is 12.7. The maximum Gasteiger partial charge on any atom is 0.530 e. The van der Waals surface area contributed by atoms with Gasteiger partial charge in [0.25, 0.3) is 5.56 Å². The number of rotatable bonds is 14. The Kier molecular flexibility index (Phi) is 13.9. The smallest absolute Gasteiger partial charge is 0.480 e. The van der Waals surface area contributed by atoms with Crippen LogP contribution >= 0.6 is 32.0 Å². The molecule has 1 aliphatic rings. The molecule has 1 aliphatic heterocycles. The summed E-state index contributed by atoms with van der Waals surface area (Å²) >= 11 is 0.999. The molecule has 3 rings (SSSR count). The fourth-order valence-corrected chi connectivity index (χ4v) is 6.05. The number of ether oxygens (including phenoxy) is 1. The Labute approximate surface area is 268 Å². The normalized spacial score (nSPS) is 19.9. The number of hydrogen-bond donors (Lipinski definition) is 3. The standard InChI is InChI=1S/C26H35N6O10PS.ClH/c1-15-13-32(25(37)29-22(15)33)21-12-19(30-31-28)20(41-21)14-40-43(38,39-9-10-44-24(36)26(2,3)4)42-17-7-5-16(6-8-17)11-18(27)23(34)35;/h5-8,13,18-21H,9-12,14,27H2,1-4H3,(H,34,35)(H,29,33,37);1H/t18-,19?,20+,21+,43?;/m0./s1. The van der Waals surface area contributed by atoms with E-state index in [1.54, 1.807) is 32.9 Å². The first-order chi connectivity index (χ1) is 20.6. The lowest BCUT2D eigenvalue weighted by molar-refractivity contribution is -0.138. The van der Waals surface area contributed by atoms with Crippen molar-refractivity contribution in [2.75, 3.05) is 19.0 Å². The highest BCUT2D eigenvalue weighted by Gasteiger charge is 2.39. The molecule has 1 aromatic carbocycles. The van der Waals surface area contributed by atoms with Crippen molar-refractivity contribution in [3.63, 3.8) is 0 Å². The number of phosphoric acid groups is 1. The van der Waals surface area contributed by atoms with Crippen LogP contribution in [-0.2, 0) is 34.4 Å². The van der Waals surface area contributed by atoms with Crippen LogP contribution < -0.4 is 21.5 Å². The summed E-state index contributed by atoms with van der Waals surface area (Å²) in [5.74, 6) is -0.932. The van der Waals surface area contributed by atoms with Crippen molar-refractivity contribution in [3.05, 3.63) is 72.9 Å². The minimum Gasteiger partial charge on any atom is -0.480 e. The Balaban J connectivity index is 0.00000705. The molecule has 4 N–H and O–H groups in total. The third-order valence-corrected chi connectivity index (χ3v) is 8.99. The zero-order valence-electron chi connectivity index (χ0n) is 25.0. The van der Waals surface area contributed by atoms with Gasteiger partial charge in [-0.25, -0.2) is 9.36 Å². The summed E-state index contributed by atoms with van der Waals surface area (Å²) in [7, 11) is -4.39. The molecule has 0 amide bonds. The Morgan fingerprint density at radius 2 is 1.96 bits per heavy atom. The van der Waals surface area contributed by atoms with Crippen molar-refractivity contribution >= 4 is 43.1 Å². The van der Waals surface area contributed by atoms with Gasteiger partial charge in [-0.05, 0) is 36.6 Å². The van der Waals surface area contributed by atoms with Gasteiger partial charge in [-0.2, -0.15) is 0 Å². The minimum atomic E-state index is -4.39. The third kappa shape index (κ3) is 11.0. The number of nitrogens with two attached hydrogens (primary N) is 1. The molecule has 1 aromatic heterocycles. The molecule has 0 spiro atoms. The number of aromatic amines is 1. The molecule has 2 heterocycles. The first-order valence-corrected chi connectivity index (χ1v) is 15.9. The first-order valence-electron chi connectivity index (χ1n) is 13.5. The average Bonchev–Trinajstić information content (AvgIpc) is 3.35. The predicted octanol–water partition coefficient (Wildman–Crippen LogP) is 3.71. The highest BCUT2D eigenvalue weighted by Crippen LogP contribution is 2.50. The van der Waals surface area contributed by atoms with Crippen LogP contribution in [0.5, 0.6) is 5.75 Å². The molecule has 2 aromatic rings. The van der Waals surface area contributed by atoms with Gasteiger partial charge in [0, 0.05) is 34.3 Å². The number of aliphatic carboxylic acids is 1. The Morgan fingerprint density at radius 3 is 2.56 bits per heavy atom. The van der Waals surface area contributed by atoms with Gasteiger partial charge in [-0.3, -0.25) is 33.0 Å². The predicted molar refractivity (Wildman–Crippen MR) is 168 cm³/mol. The highest BCUT2D eigenvalue weighted by atomic mass is 35.5. The number of nitrogens with zero attached hydrogens (tertiary/aromatic N) is 4. The zero-order chi connectivity index (χ0) is 32.7. The number of carboxylic acid groups (broad SMARTS) is 1. The van der Waals surface area contributed by atoms with Gasteiger partial charge in [0.1, 0.15) is 18.0 Å². The maximum atomic E-state index is 13.8. The van der Waals surface area contributed by atoms with Gasteiger partial charge in [-0.1, -0.05) is 49.8 Å². The maximum absolute atomic E-state index is 13.8. The van der Waals surface area contributed by atoms with Gasteiger partial charge < -0.3 is 20.1 Å². The lowest BCUT2D eigenvalue weighted by atomic mass is 10.00. The van der Waals surface area contributed by atoms with E-state index < -0.39 is 61.5 Å². The summed E-state index contributed by atoms with van der Waals surface area (Å²) in [5.41, 5.74) is 13.7. The van der Waals surface area contributed by atoms with Gasteiger partial charge in [0.2, 0.25) is 0 Å². The molecule has 1 saturated heterocycles. The summed E-state index contributed by atoms with van der Waals surface area (Å²) < 4.78 is 37.6. The third-order valence-electron chi connectivity index (χ3n) is 6.35. The number of thioether (sulfide) groups is 1. The Morgan fingerprint density at radius 1 is 1.29 bits per heavy atom. The van der Waals surface area contributed by atoms with Crippen LogP contribution in [0, 0.1) is 12.3 Å². The van der Waals surface area contributed by atoms with E-state index in [0.717, 1.165) is 16.3 Å². The monoisotopic (exact) mass is 690 g/mol. The second-order valence-electron chi connectivity index (χ2n) is 11.0. The number of nitrogens with one attached hydrogen (secondary N) is 1. The van der Waals surface area contributed by atoms with Crippen LogP contribution in [-0.4, -0.2) is 62.9 Å². The van der Waals surface area contributed by atoms with E-state index in [4.69, 9.17) is 34.7 Å². The van der Waals surface area contributed by atoms with E-state index in [2.05, 4.69) is 15.0 Å². The van der Waals surface area contributed by atoms with Gasteiger partial charge in [0.05, 0.1) is 25.4 Å². The molecular formula is C26H36ClN6O10PS. The molecule has 19 heteroatoms. The summed E-state index contributed by atoms with van der Waals surface area (Å²) in [6.45, 7) is 6.20. The number of carbonyl (C=O) groups excluding carboxylic acids is 1. The van der Waals surface area contributed by atoms with Crippen LogP contribution in [0.3, 0.4) is 0 Å². The van der Waals surface area contributed by atoms with Crippen molar-refractivity contribution in [3.8, 4) is 5.75 Å². The molecule has 248 valence electrons. The molecule has 0 aliphatic carbocycles. The Hall–Kier alpha value is -3.14. The fourth-order valence-electron chi connectivity index (χ4n) is 3.94. The Bertz CT molecular complexity index is 1560. The van der Waals surface area contributed by atoms with E-state index in [0.29, 0.717) is 5.56 Å². The molecule has 0 radical (unpaired) electrons. The summed E-state index contributed by atoms with van der Waals surface area (Å²) in [6, 6.07) is 4.03. The van der Waals surface area contributed by atoms with E-state index in [1.807, 2.05) is 0 Å². The number of aromatic nitrogens is 2. The number of phosphoric ester groups is 1. The number of H-pyrrole nitrogens is 1. The topological polar surface area (TPSA) is 238 Å². The van der Waals surface area contributed by atoms with E-state index in [9.17, 15) is 23.7 Å².